The van der Waals surface area contributed by atoms with Crippen LogP contribution >= 0.6 is 15.9 Å². The summed E-state index contributed by atoms with van der Waals surface area (Å²) < 4.78 is 29.6. The van der Waals surface area contributed by atoms with Gasteiger partial charge in [-0.05, 0) is 72.2 Å². The molecule has 0 N–H and O–H groups in total. The van der Waals surface area contributed by atoms with Crippen LogP contribution in [0.5, 0.6) is 17.2 Å². The Bertz CT molecular complexity index is 1840. The number of carbonyl (C=O) groups is 1. The van der Waals surface area contributed by atoms with Gasteiger partial charge in [-0.25, -0.2) is 9.78 Å². The molecule has 0 saturated carbocycles. The normalized spacial score (nSPS) is 12.1. The summed E-state index contributed by atoms with van der Waals surface area (Å²) in [5.41, 5.74) is 1.30. The predicted molar refractivity (Wildman–Crippen MR) is 158 cm³/mol. The van der Waals surface area contributed by atoms with E-state index in [4.69, 9.17) is 28.3 Å². The van der Waals surface area contributed by atoms with E-state index in [-0.39, 0.29) is 11.4 Å². The Morgan fingerprint density at radius 3 is 2.63 bits per heavy atom. The summed E-state index contributed by atoms with van der Waals surface area (Å²) in [6.45, 7) is 3.77. The number of halogens is 1. The zero-order valence-electron chi connectivity index (χ0n) is 22.7. The van der Waals surface area contributed by atoms with Crippen LogP contribution in [0.15, 0.2) is 79.4 Å². The van der Waals surface area contributed by atoms with E-state index in [0.29, 0.717) is 56.1 Å². The highest BCUT2D eigenvalue weighted by Gasteiger charge is 2.20. The fraction of sp³-hybridized carbons (Fsp3) is 0.200. The first-order valence-corrected chi connectivity index (χ1v) is 13.5. The summed E-state index contributed by atoms with van der Waals surface area (Å²) in [6.07, 6.45) is 0.655. The van der Waals surface area contributed by atoms with Gasteiger partial charge in [0, 0.05) is 10.0 Å². The highest BCUT2D eigenvalue weighted by atomic mass is 79.9. The molecule has 1 atom stereocenters. The maximum absolute atomic E-state index is 13.6. The lowest BCUT2D eigenvalue weighted by molar-refractivity contribution is -0.147. The van der Waals surface area contributed by atoms with Crippen LogP contribution in [-0.4, -0.2) is 48.8 Å². The summed E-state index contributed by atoms with van der Waals surface area (Å²) in [5.74, 6) is 1.41. The standard InChI is InChI=1S/C30H26BrN3O7/c1-5-39-25-13-18(21(31)15-26(25)40-17(2)30(36)38-4)16-32-34-28(33-22-10-7-6-9-19(22)29(34)35)27-14-20-23(37-3)11-8-12-24(20)41-27/h6-17H,5H2,1-4H3/t17-/m1/s1. The average molecular weight is 620 g/mol. The van der Waals surface area contributed by atoms with Crippen LogP contribution in [0.25, 0.3) is 33.5 Å². The minimum Gasteiger partial charge on any atom is -0.496 e. The van der Waals surface area contributed by atoms with Crippen LogP contribution in [0, 0.1) is 0 Å². The lowest BCUT2D eigenvalue weighted by Gasteiger charge is -2.17. The highest BCUT2D eigenvalue weighted by Crippen LogP contribution is 2.35. The molecule has 0 spiro atoms. The maximum atomic E-state index is 13.6. The number of carbonyl (C=O) groups excluding carboxylic acids is 1. The molecule has 0 amide bonds. The van der Waals surface area contributed by atoms with Crippen molar-refractivity contribution in [1.82, 2.24) is 9.66 Å². The molecule has 0 aliphatic heterocycles. The average Bonchev–Trinajstić information content (AvgIpc) is 3.42. The van der Waals surface area contributed by atoms with Gasteiger partial charge in [-0.2, -0.15) is 9.78 Å². The third-order valence-corrected chi connectivity index (χ3v) is 6.91. The van der Waals surface area contributed by atoms with E-state index in [9.17, 15) is 9.59 Å². The van der Waals surface area contributed by atoms with Crippen molar-refractivity contribution in [1.29, 1.82) is 0 Å². The number of hydrogen-bond donors (Lipinski definition) is 0. The molecule has 0 aliphatic rings. The highest BCUT2D eigenvalue weighted by molar-refractivity contribution is 9.10. The van der Waals surface area contributed by atoms with Gasteiger partial charge in [0.1, 0.15) is 11.3 Å². The van der Waals surface area contributed by atoms with Crippen molar-refractivity contribution in [3.8, 4) is 28.8 Å². The number of furan rings is 1. The van der Waals surface area contributed by atoms with E-state index in [1.807, 2.05) is 31.2 Å². The molecule has 5 aromatic rings. The molecule has 11 heteroatoms. The van der Waals surface area contributed by atoms with Gasteiger partial charge >= 0.3 is 5.97 Å². The van der Waals surface area contributed by atoms with Gasteiger partial charge in [-0.15, -0.1) is 0 Å². The predicted octanol–water partition coefficient (Wildman–Crippen LogP) is 5.80. The molecule has 41 heavy (non-hydrogen) atoms. The van der Waals surface area contributed by atoms with Crippen molar-refractivity contribution in [3.05, 3.63) is 81.1 Å². The Kier molecular flexibility index (Phi) is 8.06. The second-order valence-corrected chi connectivity index (χ2v) is 9.69. The summed E-state index contributed by atoms with van der Waals surface area (Å²) in [4.78, 5) is 30.3. The number of hydrogen-bond acceptors (Lipinski definition) is 9. The van der Waals surface area contributed by atoms with E-state index >= 15 is 0 Å². The smallest absolute Gasteiger partial charge is 0.346 e. The molecular weight excluding hydrogens is 594 g/mol. The van der Waals surface area contributed by atoms with E-state index < -0.39 is 12.1 Å². The Labute approximate surface area is 243 Å². The van der Waals surface area contributed by atoms with E-state index in [0.717, 1.165) is 5.39 Å². The number of aromatic nitrogens is 2. The Hall–Kier alpha value is -4.64. The van der Waals surface area contributed by atoms with Gasteiger partial charge in [-0.3, -0.25) is 4.79 Å². The fourth-order valence-electron chi connectivity index (χ4n) is 4.25. The number of benzene rings is 3. The molecule has 210 valence electrons. The topological polar surface area (TPSA) is 114 Å². The maximum Gasteiger partial charge on any atom is 0.346 e. The molecular formula is C30H26BrN3O7. The van der Waals surface area contributed by atoms with Crippen LogP contribution < -0.4 is 19.8 Å². The van der Waals surface area contributed by atoms with Crippen molar-refractivity contribution < 1.29 is 28.2 Å². The molecule has 2 aromatic heterocycles. The molecule has 5 rings (SSSR count). The lowest BCUT2D eigenvalue weighted by Crippen LogP contribution is -2.25. The van der Waals surface area contributed by atoms with E-state index in [1.165, 1.54) is 18.0 Å². The van der Waals surface area contributed by atoms with Gasteiger partial charge in [0.05, 0.1) is 43.3 Å². The number of ether oxygens (including phenoxy) is 4. The minimum absolute atomic E-state index is 0.219. The second kappa shape index (κ2) is 11.8. The summed E-state index contributed by atoms with van der Waals surface area (Å²) >= 11 is 3.53. The van der Waals surface area contributed by atoms with Gasteiger partial charge in [0.2, 0.25) is 5.82 Å². The Balaban J connectivity index is 1.63. The number of fused-ring (bicyclic) bond motifs is 2. The minimum atomic E-state index is -0.849. The molecule has 0 unspecified atom stereocenters. The quantitative estimate of drug-likeness (QED) is 0.150. The van der Waals surface area contributed by atoms with Crippen LogP contribution in [0.4, 0.5) is 0 Å². The van der Waals surface area contributed by atoms with Gasteiger partial charge in [0.15, 0.2) is 23.4 Å². The molecule has 10 nitrogen and oxygen atoms in total. The van der Waals surface area contributed by atoms with Crippen LogP contribution in [-0.2, 0) is 9.53 Å². The number of esters is 1. The first-order valence-electron chi connectivity index (χ1n) is 12.7. The van der Waals surface area contributed by atoms with Crippen molar-refractivity contribution in [2.24, 2.45) is 5.10 Å². The Morgan fingerprint density at radius 2 is 1.88 bits per heavy atom. The lowest BCUT2D eigenvalue weighted by atomic mass is 10.2. The molecule has 2 heterocycles. The van der Waals surface area contributed by atoms with Gasteiger partial charge in [0.25, 0.3) is 5.56 Å². The van der Waals surface area contributed by atoms with Crippen molar-refractivity contribution in [2.45, 2.75) is 20.0 Å². The molecule has 0 fully saturated rings. The second-order valence-electron chi connectivity index (χ2n) is 8.83. The number of para-hydroxylation sites is 1. The summed E-state index contributed by atoms with van der Waals surface area (Å²) in [7, 11) is 2.87. The molecule has 3 aromatic carbocycles. The first kappa shape index (κ1) is 27.9. The third kappa shape index (κ3) is 5.53. The monoisotopic (exact) mass is 619 g/mol. The van der Waals surface area contributed by atoms with Crippen molar-refractivity contribution >= 4 is 50.0 Å². The number of rotatable bonds is 9. The molecule has 0 aliphatic carbocycles. The molecule has 0 saturated heterocycles. The van der Waals surface area contributed by atoms with Crippen molar-refractivity contribution in [3.63, 3.8) is 0 Å². The van der Waals surface area contributed by atoms with Crippen molar-refractivity contribution in [2.75, 3.05) is 20.8 Å². The molecule has 0 radical (unpaired) electrons. The Morgan fingerprint density at radius 1 is 1.07 bits per heavy atom. The largest absolute Gasteiger partial charge is 0.496 e. The van der Waals surface area contributed by atoms with Gasteiger partial charge < -0.3 is 23.4 Å². The van der Waals surface area contributed by atoms with E-state index in [2.05, 4.69) is 21.0 Å². The van der Waals surface area contributed by atoms with Gasteiger partial charge in [-0.1, -0.05) is 18.2 Å². The zero-order valence-corrected chi connectivity index (χ0v) is 24.3. The fourth-order valence-corrected chi connectivity index (χ4v) is 4.67. The van der Waals surface area contributed by atoms with Crippen LogP contribution in [0.3, 0.4) is 0 Å². The first-order chi connectivity index (χ1) is 19.8. The van der Waals surface area contributed by atoms with E-state index in [1.54, 1.807) is 50.4 Å². The SMILES string of the molecule is CCOc1cc(C=Nn2c(-c3cc4c(OC)cccc4o3)nc3ccccc3c2=O)c(Br)cc1O[C@H](C)C(=O)OC. The summed E-state index contributed by atoms with van der Waals surface area (Å²) in [5, 5.41) is 5.67. The zero-order chi connectivity index (χ0) is 29.1. The number of methoxy groups -OCH3 is 2. The third-order valence-electron chi connectivity index (χ3n) is 6.23. The summed E-state index contributed by atoms with van der Waals surface area (Å²) in [6, 6.07) is 17.6. The molecule has 0 bridgehead atoms. The number of nitrogens with zero attached hydrogens (tertiary/aromatic N) is 3. The van der Waals surface area contributed by atoms with Crippen LogP contribution in [0.2, 0.25) is 0 Å². The van der Waals surface area contributed by atoms with Crippen LogP contribution in [0.1, 0.15) is 19.4 Å².